The topological polar surface area (TPSA) is 85.4 Å². The smallest absolute Gasteiger partial charge is 0.308 e. The van der Waals surface area contributed by atoms with Gasteiger partial charge in [-0.05, 0) is 54.9 Å². The molecule has 1 spiro atoms. The van der Waals surface area contributed by atoms with Crippen LogP contribution < -0.4 is 9.47 Å². The second-order valence-electron chi connectivity index (χ2n) is 13.0. The van der Waals surface area contributed by atoms with Crippen molar-refractivity contribution in [2.45, 2.75) is 82.6 Å². The number of nitrogens with zero attached hydrogens (tertiary/aromatic N) is 2. The van der Waals surface area contributed by atoms with Crippen LogP contribution in [0.2, 0.25) is 0 Å². The molecule has 2 aromatic carbocycles. The third-order valence-corrected chi connectivity index (χ3v) is 9.89. The average Bonchev–Trinajstić information content (AvgIpc) is 3.33. The molecule has 2 heterocycles. The molecule has 1 amide bonds. The van der Waals surface area contributed by atoms with Crippen LogP contribution in [0, 0.1) is 5.92 Å². The minimum Gasteiger partial charge on any atom is -0.483 e. The summed E-state index contributed by atoms with van der Waals surface area (Å²) in [6.07, 6.45) is 7.42. The van der Waals surface area contributed by atoms with Crippen LogP contribution in [0.3, 0.4) is 0 Å². The summed E-state index contributed by atoms with van der Waals surface area (Å²) in [6.45, 7) is 13.1. The van der Waals surface area contributed by atoms with Crippen molar-refractivity contribution in [1.82, 2.24) is 9.80 Å². The van der Waals surface area contributed by atoms with Gasteiger partial charge in [0.05, 0.1) is 17.5 Å². The lowest BCUT2D eigenvalue weighted by molar-refractivity contribution is -0.223. The first-order valence-corrected chi connectivity index (χ1v) is 15.7. The predicted octanol–water partition coefficient (Wildman–Crippen LogP) is 5.09. The summed E-state index contributed by atoms with van der Waals surface area (Å²) in [6, 6.07) is 13.2. The van der Waals surface area contributed by atoms with Crippen molar-refractivity contribution in [1.29, 1.82) is 0 Å². The Labute approximate surface area is 259 Å². The number of hydrogen-bond donors (Lipinski definition) is 0. The Morgan fingerprint density at radius 2 is 1.89 bits per heavy atom. The molecule has 0 N–H and O–H groups in total. The van der Waals surface area contributed by atoms with E-state index in [1.165, 1.54) is 13.8 Å². The molecule has 2 bridgehead atoms. The molecule has 2 fully saturated rings. The maximum absolute atomic E-state index is 14.1. The normalized spacial score (nSPS) is 28.2. The summed E-state index contributed by atoms with van der Waals surface area (Å²) in [4.78, 5) is 43.5. The summed E-state index contributed by atoms with van der Waals surface area (Å²) in [5, 5.41) is 0. The van der Waals surface area contributed by atoms with Crippen LogP contribution >= 0.6 is 0 Å². The highest BCUT2D eigenvalue weighted by Crippen LogP contribution is 2.67. The monoisotopic (exact) mass is 598 g/mol. The van der Waals surface area contributed by atoms with E-state index < -0.39 is 23.1 Å². The SMILES string of the molecule is C=CCN1CC[C@]23c4c5ccc(OC(C)=O)c4O[C@H]2[C@@H](N(CC(C)C)C(=O)C=Cc2ccccc2)CC[C@@]3(OC(C)=O)[C@H]1C5. The Hall–Kier alpha value is -3.91. The maximum atomic E-state index is 14.1. The molecule has 44 heavy (non-hydrogen) atoms. The van der Waals surface area contributed by atoms with Gasteiger partial charge >= 0.3 is 11.9 Å². The summed E-state index contributed by atoms with van der Waals surface area (Å²) >= 11 is 0. The van der Waals surface area contributed by atoms with E-state index in [1.807, 2.05) is 59.5 Å². The number of carbonyl (C=O) groups excluding carboxylic acids is 3. The summed E-state index contributed by atoms with van der Waals surface area (Å²) in [7, 11) is 0. The van der Waals surface area contributed by atoms with Gasteiger partial charge in [0.2, 0.25) is 5.91 Å². The molecule has 232 valence electrons. The van der Waals surface area contributed by atoms with Gasteiger partial charge in [-0.1, -0.05) is 56.3 Å². The highest BCUT2D eigenvalue weighted by Gasteiger charge is 2.75. The second-order valence-corrected chi connectivity index (χ2v) is 13.0. The first kappa shape index (κ1) is 30.1. The first-order chi connectivity index (χ1) is 21.1. The highest BCUT2D eigenvalue weighted by atomic mass is 16.6. The molecule has 2 aliphatic heterocycles. The lowest BCUT2D eigenvalue weighted by Gasteiger charge is -2.65. The fourth-order valence-corrected chi connectivity index (χ4v) is 8.58. The van der Waals surface area contributed by atoms with Gasteiger partial charge in [-0.15, -0.1) is 6.58 Å². The van der Waals surface area contributed by atoms with Crippen molar-refractivity contribution in [2.75, 3.05) is 19.6 Å². The van der Waals surface area contributed by atoms with E-state index in [0.29, 0.717) is 50.3 Å². The van der Waals surface area contributed by atoms with Crippen LogP contribution in [-0.2, 0) is 31.0 Å². The van der Waals surface area contributed by atoms with E-state index in [9.17, 15) is 14.4 Å². The molecule has 1 saturated heterocycles. The quantitative estimate of drug-likeness (QED) is 0.172. The lowest BCUT2D eigenvalue weighted by atomic mass is 9.48. The number of piperidine rings is 1. The summed E-state index contributed by atoms with van der Waals surface area (Å²) in [5.41, 5.74) is 1.43. The van der Waals surface area contributed by atoms with Crippen molar-refractivity contribution >= 4 is 23.9 Å². The van der Waals surface area contributed by atoms with Gasteiger partial charge < -0.3 is 19.1 Å². The number of benzene rings is 2. The zero-order valence-corrected chi connectivity index (χ0v) is 26.1. The van der Waals surface area contributed by atoms with Gasteiger partial charge in [0.25, 0.3) is 0 Å². The van der Waals surface area contributed by atoms with Gasteiger partial charge in [-0.25, -0.2) is 0 Å². The van der Waals surface area contributed by atoms with Crippen molar-refractivity contribution in [3.63, 3.8) is 0 Å². The number of rotatable bonds is 9. The van der Waals surface area contributed by atoms with Crippen molar-refractivity contribution < 1.29 is 28.6 Å². The third kappa shape index (κ3) is 4.74. The Kier molecular flexibility index (Phi) is 7.91. The largest absolute Gasteiger partial charge is 0.483 e. The zero-order chi connectivity index (χ0) is 31.2. The van der Waals surface area contributed by atoms with Crippen LogP contribution in [0.1, 0.15) is 63.6 Å². The zero-order valence-electron chi connectivity index (χ0n) is 26.1. The standard InChI is InChI=1S/C36H42N2O6/c1-6-19-37-20-18-35-32-27-13-14-29(42-24(4)39)33(32)43-34(35)28(16-17-36(35,30(37)21-27)44-25(5)40)38(22-23(2)3)31(41)15-12-26-10-8-7-9-11-26/h6-15,23,28,30,34H,1,16-22H2,2-5H3/t28-,30+,34-,35-,36+/m0/s1. The fraction of sp³-hybridized carbons (Fsp3) is 0.472. The summed E-state index contributed by atoms with van der Waals surface area (Å²) in [5.74, 6) is 0.274. The van der Waals surface area contributed by atoms with Gasteiger partial charge in [-0.2, -0.15) is 0 Å². The molecule has 2 aromatic rings. The Morgan fingerprint density at radius 3 is 2.57 bits per heavy atom. The van der Waals surface area contributed by atoms with Gasteiger partial charge in [0.15, 0.2) is 11.5 Å². The van der Waals surface area contributed by atoms with Gasteiger partial charge in [-0.3, -0.25) is 19.3 Å². The van der Waals surface area contributed by atoms with Crippen LogP contribution in [0.4, 0.5) is 0 Å². The lowest BCUT2D eigenvalue weighted by Crippen LogP contribution is -2.79. The first-order valence-electron chi connectivity index (χ1n) is 15.7. The van der Waals surface area contributed by atoms with Gasteiger partial charge in [0.1, 0.15) is 11.7 Å². The molecule has 0 unspecified atom stereocenters. The number of carbonyl (C=O) groups is 3. The molecule has 1 saturated carbocycles. The second kappa shape index (κ2) is 11.5. The van der Waals surface area contributed by atoms with Gasteiger partial charge in [0, 0.05) is 45.1 Å². The van der Waals surface area contributed by atoms with Crippen LogP contribution in [-0.4, -0.2) is 71.1 Å². The van der Waals surface area contributed by atoms with E-state index in [2.05, 4.69) is 25.3 Å². The Morgan fingerprint density at radius 1 is 1.11 bits per heavy atom. The van der Waals surface area contributed by atoms with E-state index in [1.54, 1.807) is 6.08 Å². The number of amides is 1. The third-order valence-electron chi connectivity index (χ3n) is 9.89. The molecule has 4 aliphatic rings. The predicted molar refractivity (Wildman–Crippen MR) is 167 cm³/mol. The molecule has 2 aliphatic carbocycles. The minimum atomic E-state index is -0.874. The highest BCUT2D eigenvalue weighted by molar-refractivity contribution is 5.92. The fourth-order valence-electron chi connectivity index (χ4n) is 8.58. The number of esters is 2. The molecular formula is C36H42N2O6. The minimum absolute atomic E-state index is 0.0830. The molecule has 5 atom stereocenters. The van der Waals surface area contributed by atoms with E-state index in [-0.39, 0.29) is 29.9 Å². The van der Waals surface area contributed by atoms with Crippen molar-refractivity contribution in [2.24, 2.45) is 5.92 Å². The van der Waals surface area contributed by atoms with Crippen LogP contribution in [0.15, 0.2) is 61.2 Å². The van der Waals surface area contributed by atoms with Crippen molar-refractivity contribution in [3.05, 3.63) is 77.9 Å². The van der Waals surface area contributed by atoms with Crippen molar-refractivity contribution in [3.8, 4) is 11.5 Å². The molecule has 0 radical (unpaired) electrons. The molecular weight excluding hydrogens is 556 g/mol. The summed E-state index contributed by atoms with van der Waals surface area (Å²) < 4.78 is 19.2. The molecule has 8 nitrogen and oxygen atoms in total. The number of ether oxygens (including phenoxy) is 3. The van der Waals surface area contributed by atoms with E-state index in [4.69, 9.17) is 14.2 Å². The maximum Gasteiger partial charge on any atom is 0.308 e. The average molecular weight is 599 g/mol. The molecule has 8 heteroatoms. The number of likely N-dealkylation sites (tertiary alicyclic amines) is 1. The molecule has 6 rings (SSSR count). The molecule has 0 aromatic heterocycles. The Balaban J connectivity index is 1.51. The van der Waals surface area contributed by atoms with Crippen LogP contribution in [0.25, 0.3) is 6.08 Å². The van der Waals surface area contributed by atoms with E-state index >= 15 is 0 Å². The van der Waals surface area contributed by atoms with Crippen LogP contribution in [0.5, 0.6) is 11.5 Å². The number of hydrogen-bond acceptors (Lipinski definition) is 7. The Bertz CT molecular complexity index is 1500. The van der Waals surface area contributed by atoms with E-state index in [0.717, 1.165) is 23.2 Å².